The van der Waals surface area contributed by atoms with Crippen LogP contribution in [0.3, 0.4) is 0 Å². The van der Waals surface area contributed by atoms with Gasteiger partial charge in [0.1, 0.15) is 0 Å². The van der Waals surface area contributed by atoms with Crippen LogP contribution in [0.15, 0.2) is 30.3 Å². The molecule has 0 bridgehead atoms. The number of hydrogen-bond acceptors (Lipinski definition) is 2. The molecule has 1 rings (SSSR count). The Morgan fingerprint density at radius 1 is 1.39 bits per heavy atom. The number of nitriles is 1. The van der Waals surface area contributed by atoms with Crippen molar-refractivity contribution >= 4 is 23.2 Å². The molecule has 96 valence electrons. The first kappa shape index (κ1) is 14.5. The van der Waals surface area contributed by atoms with Crippen LogP contribution in [-0.4, -0.2) is 18.3 Å². The molecule has 3 nitrogen and oxygen atoms in total. The number of anilines is 1. The molecule has 18 heavy (non-hydrogen) atoms. The standard InChI is InChI=1S/C14H17ClN2O/c1-14(2,11-15)13(18)17(10-6-9-16)12-7-4-3-5-8-12/h3-5,7-8H,6,10-11H2,1-2H3. The van der Waals surface area contributed by atoms with Crippen molar-refractivity contribution in [3.8, 4) is 6.07 Å². The zero-order valence-electron chi connectivity index (χ0n) is 10.7. The molecule has 1 amide bonds. The maximum Gasteiger partial charge on any atom is 0.233 e. The minimum absolute atomic E-state index is 0.0565. The van der Waals surface area contributed by atoms with Gasteiger partial charge in [-0.05, 0) is 26.0 Å². The van der Waals surface area contributed by atoms with E-state index in [0.29, 0.717) is 13.0 Å². The smallest absolute Gasteiger partial charge is 0.233 e. The number of amides is 1. The van der Waals surface area contributed by atoms with Crippen LogP contribution in [0.25, 0.3) is 0 Å². The van der Waals surface area contributed by atoms with Gasteiger partial charge < -0.3 is 4.90 Å². The molecule has 0 aliphatic heterocycles. The van der Waals surface area contributed by atoms with Crippen LogP contribution in [0, 0.1) is 16.7 Å². The SMILES string of the molecule is CC(C)(CCl)C(=O)N(CCC#N)c1ccccc1. The second-order valence-electron chi connectivity index (χ2n) is 4.72. The van der Waals surface area contributed by atoms with Gasteiger partial charge in [0.2, 0.25) is 5.91 Å². The number of rotatable bonds is 5. The number of carbonyl (C=O) groups is 1. The zero-order chi connectivity index (χ0) is 13.6. The van der Waals surface area contributed by atoms with Gasteiger partial charge >= 0.3 is 0 Å². The molecule has 0 radical (unpaired) electrons. The van der Waals surface area contributed by atoms with Gasteiger partial charge in [-0.2, -0.15) is 5.26 Å². The Hall–Kier alpha value is -1.53. The molecule has 0 aliphatic rings. The summed E-state index contributed by atoms with van der Waals surface area (Å²) in [5, 5.41) is 8.69. The van der Waals surface area contributed by atoms with Crippen LogP contribution >= 0.6 is 11.6 Å². The van der Waals surface area contributed by atoms with Crippen molar-refractivity contribution in [2.24, 2.45) is 5.41 Å². The van der Waals surface area contributed by atoms with Crippen LogP contribution in [0.4, 0.5) is 5.69 Å². The second-order valence-corrected chi connectivity index (χ2v) is 4.99. The highest BCUT2D eigenvalue weighted by atomic mass is 35.5. The summed E-state index contributed by atoms with van der Waals surface area (Å²) in [6, 6.07) is 11.4. The number of carbonyl (C=O) groups excluding carboxylic acids is 1. The van der Waals surface area contributed by atoms with E-state index in [0.717, 1.165) is 5.69 Å². The fraction of sp³-hybridized carbons (Fsp3) is 0.429. The third-order valence-corrected chi connectivity index (χ3v) is 3.34. The molecule has 0 saturated heterocycles. The predicted octanol–water partition coefficient (Wildman–Crippen LogP) is 3.20. The Kier molecular flexibility index (Phi) is 5.18. The van der Waals surface area contributed by atoms with Crippen molar-refractivity contribution in [2.45, 2.75) is 20.3 Å². The molecule has 1 aromatic carbocycles. The fourth-order valence-electron chi connectivity index (χ4n) is 1.54. The minimum Gasteiger partial charge on any atom is -0.311 e. The molecule has 0 heterocycles. The van der Waals surface area contributed by atoms with E-state index in [9.17, 15) is 4.79 Å². The minimum atomic E-state index is -0.632. The Labute approximate surface area is 113 Å². The average molecular weight is 265 g/mol. The van der Waals surface area contributed by atoms with E-state index in [1.165, 1.54) is 0 Å². The van der Waals surface area contributed by atoms with Crippen molar-refractivity contribution < 1.29 is 4.79 Å². The molecule has 0 spiro atoms. The first-order valence-corrected chi connectivity index (χ1v) is 6.36. The van der Waals surface area contributed by atoms with Crippen molar-refractivity contribution in [3.05, 3.63) is 30.3 Å². The molecule has 0 N–H and O–H groups in total. The summed E-state index contributed by atoms with van der Waals surface area (Å²) in [4.78, 5) is 14.1. The Morgan fingerprint density at radius 3 is 2.50 bits per heavy atom. The van der Waals surface area contributed by atoms with Gasteiger partial charge in [0.05, 0.1) is 17.9 Å². The molecular weight excluding hydrogens is 248 g/mol. The summed E-state index contributed by atoms with van der Waals surface area (Å²) < 4.78 is 0. The summed E-state index contributed by atoms with van der Waals surface area (Å²) in [7, 11) is 0. The van der Waals surface area contributed by atoms with Crippen molar-refractivity contribution in [3.63, 3.8) is 0 Å². The van der Waals surface area contributed by atoms with E-state index < -0.39 is 5.41 Å². The molecule has 0 unspecified atom stereocenters. The maximum atomic E-state index is 12.4. The number of nitrogens with zero attached hydrogens (tertiary/aromatic N) is 2. The Balaban J connectivity index is 3.00. The van der Waals surface area contributed by atoms with Crippen molar-refractivity contribution in [1.82, 2.24) is 0 Å². The maximum absolute atomic E-state index is 12.4. The van der Waals surface area contributed by atoms with E-state index in [1.54, 1.807) is 4.90 Å². The Morgan fingerprint density at radius 2 is 2.00 bits per heavy atom. The predicted molar refractivity (Wildman–Crippen MR) is 73.5 cm³/mol. The van der Waals surface area contributed by atoms with Gasteiger partial charge in [-0.15, -0.1) is 11.6 Å². The lowest BCUT2D eigenvalue weighted by molar-refractivity contribution is -0.125. The first-order valence-electron chi connectivity index (χ1n) is 5.83. The topological polar surface area (TPSA) is 44.1 Å². The van der Waals surface area contributed by atoms with E-state index in [1.807, 2.05) is 44.2 Å². The van der Waals surface area contributed by atoms with Crippen LogP contribution in [0.2, 0.25) is 0 Å². The molecular formula is C14H17ClN2O. The van der Waals surface area contributed by atoms with E-state index >= 15 is 0 Å². The van der Waals surface area contributed by atoms with Crippen LogP contribution in [0.1, 0.15) is 20.3 Å². The Bertz CT molecular complexity index is 437. The molecule has 0 aliphatic carbocycles. The normalized spacial score (nSPS) is 10.8. The number of alkyl halides is 1. The highest BCUT2D eigenvalue weighted by molar-refractivity contribution is 6.20. The molecule has 0 saturated carbocycles. The number of benzene rings is 1. The molecule has 1 aromatic rings. The van der Waals surface area contributed by atoms with Crippen LogP contribution in [-0.2, 0) is 4.79 Å². The van der Waals surface area contributed by atoms with Gasteiger partial charge in [-0.1, -0.05) is 18.2 Å². The average Bonchev–Trinajstić information content (AvgIpc) is 2.40. The summed E-state index contributed by atoms with van der Waals surface area (Å²) >= 11 is 5.84. The molecule has 0 aromatic heterocycles. The molecule has 4 heteroatoms. The lowest BCUT2D eigenvalue weighted by Gasteiger charge is -2.30. The van der Waals surface area contributed by atoms with Gasteiger partial charge in [0, 0.05) is 18.1 Å². The zero-order valence-corrected chi connectivity index (χ0v) is 11.4. The summed E-state index contributed by atoms with van der Waals surface area (Å²) in [6.07, 6.45) is 0.305. The largest absolute Gasteiger partial charge is 0.311 e. The molecule has 0 fully saturated rings. The number of hydrogen-bond donors (Lipinski definition) is 0. The van der Waals surface area contributed by atoms with E-state index in [4.69, 9.17) is 16.9 Å². The highest BCUT2D eigenvalue weighted by Gasteiger charge is 2.31. The number of halogens is 1. The van der Waals surface area contributed by atoms with Crippen molar-refractivity contribution in [2.75, 3.05) is 17.3 Å². The van der Waals surface area contributed by atoms with Crippen LogP contribution < -0.4 is 4.90 Å². The van der Waals surface area contributed by atoms with Crippen LogP contribution in [0.5, 0.6) is 0 Å². The van der Waals surface area contributed by atoms with E-state index in [-0.39, 0.29) is 11.8 Å². The lowest BCUT2D eigenvalue weighted by Crippen LogP contribution is -2.42. The quantitative estimate of drug-likeness (QED) is 0.767. The third-order valence-electron chi connectivity index (χ3n) is 2.67. The van der Waals surface area contributed by atoms with Crippen molar-refractivity contribution in [1.29, 1.82) is 5.26 Å². The molecule has 0 atom stereocenters. The monoisotopic (exact) mass is 264 g/mol. The summed E-state index contributed by atoms with van der Waals surface area (Å²) in [5.41, 5.74) is 0.170. The third kappa shape index (κ3) is 3.48. The van der Waals surface area contributed by atoms with Gasteiger partial charge in [-0.25, -0.2) is 0 Å². The first-order chi connectivity index (χ1) is 8.53. The van der Waals surface area contributed by atoms with Gasteiger partial charge in [-0.3, -0.25) is 4.79 Å². The van der Waals surface area contributed by atoms with Gasteiger partial charge in [0.25, 0.3) is 0 Å². The highest BCUT2D eigenvalue weighted by Crippen LogP contribution is 2.25. The van der Waals surface area contributed by atoms with E-state index in [2.05, 4.69) is 6.07 Å². The van der Waals surface area contributed by atoms with Gasteiger partial charge in [0.15, 0.2) is 0 Å². The summed E-state index contributed by atoms with van der Waals surface area (Å²) in [6.45, 7) is 4.01. The lowest BCUT2D eigenvalue weighted by atomic mass is 9.94. The summed E-state index contributed by atoms with van der Waals surface area (Å²) in [5.74, 6) is 0.195. The second kappa shape index (κ2) is 6.42. The fourth-order valence-corrected chi connectivity index (χ4v) is 1.65. The number of para-hydroxylation sites is 1.